The van der Waals surface area contributed by atoms with Crippen molar-refractivity contribution in [3.8, 4) is 0 Å². The molecule has 1 aliphatic rings. The van der Waals surface area contributed by atoms with E-state index >= 15 is 0 Å². The Hall–Kier alpha value is -1.72. The molecule has 4 nitrogen and oxygen atoms in total. The molecule has 3 rings (SSSR count). The van der Waals surface area contributed by atoms with Crippen LogP contribution in [0.25, 0.3) is 0 Å². The molecule has 170 valence electrons. The van der Waals surface area contributed by atoms with Crippen LogP contribution in [-0.4, -0.2) is 56.0 Å². The van der Waals surface area contributed by atoms with Crippen LogP contribution >= 0.6 is 0 Å². The average Bonchev–Trinajstić information content (AvgIpc) is 3.16. The Labute approximate surface area is 189 Å². The SMILES string of the molecule is COC[C@H](C(C)C)N1CN([C@H](COC)C(C)C)[C@H](c2ccccc2)[C@H]1c1ccccc1. The summed E-state index contributed by atoms with van der Waals surface area (Å²) >= 11 is 0. The third-order valence-electron chi connectivity index (χ3n) is 6.69. The molecule has 0 saturated carbocycles. The van der Waals surface area contributed by atoms with Gasteiger partial charge in [0.1, 0.15) is 0 Å². The smallest absolute Gasteiger partial charge is 0.0621 e. The first-order chi connectivity index (χ1) is 15.0. The van der Waals surface area contributed by atoms with E-state index in [-0.39, 0.29) is 12.1 Å². The molecule has 1 saturated heterocycles. The second-order valence-corrected chi connectivity index (χ2v) is 9.41. The molecule has 2 aromatic rings. The van der Waals surface area contributed by atoms with Crippen LogP contribution in [0.3, 0.4) is 0 Å². The molecule has 0 aliphatic carbocycles. The highest BCUT2D eigenvalue weighted by Crippen LogP contribution is 2.47. The van der Waals surface area contributed by atoms with Gasteiger partial charge in [-0.15, -0.1) is 0 Å². The van der Waals surface area contributed by atoms with Gasteiger partial charge in [-0.2, -0.15) is 0 Å². The normalized spacial score (nSPS) is 22.3. The van der Waals surface area contributed by atoms with Gasteiger partial charge in [0.2, 0.25) is 0 Å². The van der Waals surface area contributed by atoms with Crippen molar-refractivity contribution in [3.05, 3.63) is 71.8 Å². The van der Waals surface area contributed by atoms with Crippen LogP contribution in [0.1, 0.15) is 50.9 Å². The summed E-state index contributed by atoms with van der Waals surface area (Å²) in [6, 6.07) is 23.2. The number of methoxy groups -OCH3 is 2. The van der Waals surface area contributed by atoms with Crippen molar-refractivity contribution in [3.63, 3.8) is 0 Å². The van der Waals surface area contributed by atoms with E-state index in [1.807, 2.05) is 14.2 Å². The van der Waals surface area contributed by atoms with Crippen molar-refractivity contribution >= 4 is 0 Å². The van der Waals surface area contributed by atoms with Crippen molar-refractivity contribution in [2.45, 2.75) is 51.9 Å². The molecular weight excluding hydrogens is 384 g/mol. The van der Waals surface area contributed by atoms with Crippen molar-refractivity contribution in [2.75, 3.05) is 34.1 Å². The molecule has 1 aliphatic heterocycles. The molecule has 4 heteroatoms. The van der Waals surface area contributed by atoms with Gasteiger partial charge >= 0.3 is 0 Å². The highest BCUT2D eigenvalue weighted by atomic mass is 16.5. The first-order valence-corrected chi connectivity index (χ1v) is 11.6. The van der Waals surface area contributed by atoms with E-state index in [4.69, 9.17) is 9.47 Å². The lowest BCUT2D eigenvalue weighted by Crippen LogP contribution is -2.45. The average molecular weight is 425 g/mol. The van der Waals surface area contributed by atoms with Gasteiger partial charge in [0.15, 0.2) is 0 Å². The first-order valence-electron chi connectivity index (χ1n) is 11.6. The van der Waals surface area contributed by atoms with Crippen LogP contribution in [0, 0.1) is 11.8 Å². The molecule has 0 radical (unpaired) electrons. The minimum absolute atomic E-state index is 0.254. The Balaban J connectivity index is 2.15. The molecule has 0 amide bonds. The minimum atomic E-state index is 0.254. The first kappa shape index (κ1) is 23.9. The van der Waals surface area contributed by atoms with Crippen molar-refractivity contribution in [2.24, 2.45) is 11.8 Å². The standard InChI is InChI=1S/C27H40N2O2/c1-20(2)24(17-30-5)28-19-29(25(18-31-6)21(3)4)27(23-15-11-8-12-16-23)26(28)22-13-9-7-10-14-22/h7-16,20-21,24-27H,17-19H2,1-6H3/t24-,25-,26-,27-/m1/s1. The van der Waals surface area contributed by atoms with Gasteiger partial charge in [0, 0.05) is 26.3 Å². The number of benzene rings is 2. The summed E-state index contributed by atoms with van der Waals surface area (Å²) in [5.41, 5.74) is 2.72. The molecule has 0 bridgehead atoms. The zero-order valence-electron chi connectivity index (χ0n) is 20.1. The number of nitrogens with zero attached hydrogens (tertiary/aromatic N) is 2. The Morgan fingerprint density at radius 1 is 0.677 bits per heavy atom. The van der Waals surface area contributed by atoms with Crippen LogP contribution < -0.4 is 0 Å². The van der Waals surface area contributed by atoms with Gasteiger partial charge in [-0.05, 0) is 23.0 Å². The third kappa shape index (κ3) is 5.38. The maximum atomic E-state index is 5.71. The van der Waals surface area contributed by atoms with Gasteiger partial charge in [-0.25, -0.2) is 0 Å². The topological polar surface area (TPSA) is 24.9 Å². The molecule has 2 aromatic carbocycles. The number of ether oxygens (including phenoxy) is 2. The van der Waals surface area contributed by atoms with Gasteiger partial charge in [-0.3, -0.25) is 9.80 Å². The van der Waals surface area contributed by atoms with Gasteiger partial charge in [-0.1, -0.05) is 88.4 Å². The van der Waals surface area contributed by atoms with Gasteiger partial charge in [0.05, 0.1) is 32.0 Å². The molecule has 0 spiro atoms. The lowest BCUT2D eigenvalue weighted by atomic mass is 9.89. The van der Waals surface area contributed by atoms with E-state index in [0.717, 1.165) is 19.9 Å². The van der Waals surface area contributed by atoms with E-state index in [9.17, 15) is 0 Å². The molecule has 1 fully saturated rings. The van der Waals surface area contributed by atoms with Crippen LogP contribution in [0.5, 0.6) is 0 Å². The van der Waals surface area contributed by atoms with Gasteiger partial charge < -0.3 is 9.47 Å². The quantitative estimate of drug-likeness (QED) is 0.511. The number of hydrogen-bond donors (Lipinski definition) is 0. The second-order valence-electron chi connectivity index (χ2n) is 9.41. The molecule has 0 aromatic heterocycles. The van der Waals surface area contributed by atoms with Crippen LogP contribution in [0.2, 0.25) is 0 Å². The molecule has 1 heterocycles. The fourth-order valence-electron chi connectivity index (χ4n) is 5.08. The van der Waals surface area contributed by atoms with E-state index < -0.39 is 0 Å². The Morgan fingerprint density at radius 3 is 1.32 bits per heavy atom. The van der Waals surface area contributed by atoms with Crippen LogP contribution in [0.4, 0.5) is 0 Å². The maximum Gasteiger partial charge on any atom is 0.0621 e. The highest BCUT2D eigenvalue weighted by molar-refractivity contribution is 5.30. The fraction of sp³-hybridized carbons (Fsp3) is 0.556. The summed E-state index contributed by atoms with van der Waals surface area (Å²) in [7, 11) is 3.63. The summed E-state index contributed by atoms with van der Waals surface area (Å²) < 4.78 is 11.4. The Bertz CT molecular complexity index is 700. The van der Waals surface area contributed by atoms with E-state index in [1.54, 1.807) is 0 Å². The predicted molar refractivity (Wildman–Crippen MR) is 128 cm³/mol. The summed E-state index contributed by atoms with van der Waals surface area (Å²) in [6.07, 6.45) is 0. The summed E-state index contributed by atoms with van der Waals surface area (Å²) in [6.45, 7) is 11.6. The zero-order valence-corrected chi connectivity index (χ0v) is 20.1. The highest BCUT2D eigenvalue weighted by Gasteiger charge is 2.47. The summed E-state index contributed by atoms with van der Waals surface area (Å²) in [5, 5.41) is 0. The monoisotopic (exact) mass is 424 g/mol. The van der Waals surface area contributed by atoms with Crippen LogP contribution in [-0.2, 0) is 9.47 Å². The molecule has 0 unspecified atom stereocenters. The second kappa shape index (κ2) is 11.2. The zero-order chi connectivity index (χ0) is 22.4. The molecular formula is C27H40N2O2. The predicted octanol–water partition coefficient (Wildman–Crippen LogP) is 5.39. The maximum absolute atomic E-state index is 5.71. The molecule has 31 heavy (non-hydrogen) atoms. The lowest BCUT2D eigenvalue weighted by molar-refractivity contribution is 0.0273. The summed E-state index contributed by atoms with van der Waals surface area (Å²) in [4.78, 5) is 5.35. The van der Waals surface area contributed by atoms with Crippen molar-refractivity contribution in [1.29, 1.82) is 0 Å². The van der Waals surface area contributed by atoms with Crippen molar-refractivity contribution in [1.82, 2.24) is 9.80 Å². The number of hydrogen-bond acceptors (Lipinski definition) is 4. The summed E-state index contributed by atoms with van der Waals surface area (Å²) in [5.74, 6) is 0.977. The van der Waals surface area contributed by atoms with E-state index in [1.165, 1.54) is 11.1 Å². The Kier molecular flexibility index (Phi) is 8.67. The minimum Gasteiger partial charge on any atom is -0.383 e. The third-order valence-corrected chi connectivity index (χ3v) is 6.69. The largest absolute Gasteiger partial charge is 0.383 e. The van der Waals surface area contributed by atoms with Crippen LogP contribution in [0.15, 0.2) is 60.7 Å². The van der Waals surface area contributed by atoms with E-state index in [0.29, 0.717) is 23.9 Å². The Morgan fingerprint density at radius 2 is 1.03 bits per heavy atom. The van der Waals surface area contributed by atoms with E-state index in [2.05, 4.69) is 98.2 Å². The van der Waals surface area contributed by atoms with Gasteiger partial charge in [0.25, 0.3) is 0 Å². The fourth-order valence-corrected chi connectivity index (χ4v) is 5.08. The molecule has 0 N–H and O–H groups in total. The lowest BCUT2D eigenvalue weighted by Gasteiger charge is -2.36. The number of rotatable bonds is 10. The van der Waals surface area contributed by atoms with Crippen molar-refractivity contribution < 1.29 is 9.47 Å². The molecule has 4 atom stereocenters.